The van der Waals surface area contributed by atoms with Crippen LogP contribution in [0.2, 0.25) is 0 Å². The maximum absolute atomic E-state index is 13.5. The van der Waals surface area contributed by atoms with Crippen molar-refractivity contribution in [1.29, 1.82) is 0 Å². The fourth-order valence-electron chi connectivity index (χ4n) is 2.53. The van der Waals surface area contributed by atoms with Crippen LogP contribution in [0.5, 0.6) is 0 Å². The van der Waals surface area contributed by atoms with E-state index in [0.29, 0.717) is 0 Å². The molecule has 0 saturated carbocycles. The van der Waals surface area contributed by atoms with Crippen molar-refractivity contribution in [2.45, 2.75) is 143 Å². The molecule has 0 rings (SSSR count). The zero-order chi connectivity index (χ0) is 43.8. The van der Waals surface area contributed by atoms with Crippen LogP contribution in [0.3, 0.4) is 0 Å². The van der Waals surface area contributed by atoms with Gasteiger partial charge in [0.2, 0.25) is 37.7 Å². The van der Waals surface area contributed by atoms with Crippen LogP contribution in [-0.2, 0) is 0 Å². The zero-order valence-corrected chi connectivity index (χ0v) is 32.8. The first-order valence-electron chi connectivity index (χ1n) is 12.9. The van der Waals surface area contributed by atoms with Crippen molar-refractivity contribution in [2.75, 3.05) is 0 Å². The van der Waals surface area contributed by atoms with Gasteiger partial charge in [0.05, 0.1) is 7.85 Å². The first-order chi connectivity index (χ1) is 21.7. The molecule has 0 heterocycles. The number of rotatable bonds is 9. The van der Waals surface area contributed by atoms with Gasteiger partial charge in [-0.1, -0.05) is 45.2 Å². The Hall–Kier alpha value is 0.440. The van der Waals surface area contributed by atoms with Crippen LogP contribution in [0.4, 0.5) is 110 Å². The third kappa shape index (κ3) is 14.7. The number of alkyl halides is 28. The summed E-state index contributed by atoms with van der Waals surface area (Å²) in [5.74, 6) is 0. The molecule has 0 aromatic carbocycles. The van der Waals surface area contributed by atoms with Crippen LogP contribution < -0.4 is 0 Å². The predicted molar refractivity (Wildman–Crippen MR) is 161 cm³/mol. The van der Waals surface area contributed by atoms with Crippen LogP contribution in [0.15, 0.2) is 0 Å². The van der Waals surface area contributed by atoms with Gasteiger partial charge in [-0.05, 0) is 64.1 Å². The summed E-state index contributed by atoms with van der Waals surface area (Å²) in [4.78, 5) is 0. The van der Waals surface area contributed by atoms with E-state index in [2.05, 4.69) is 0 Å². The maximum Gasteiger partial charge on any atom is 0.426 e. The van der Waals surface area contributed by atoms with E-state index in [1.807, 2.05) is 0 Å². The summed E-state index contributed by atoms with van der Waals surface area (Å²) in [5, 5.41) is 0. The molecule has 28 heteroatoms. The zero-order valence-electron chi connectivity index (χ0n) is 26.4. The maximum atomic E-state index is 13.5. The second kappa shape index (κ2) is 17.1. The van der Waals surface area contributed by atoms with Crippen LogP contribution in [-0.4, -0.2) is 82.6 Å². The Morgan fingerprint density at radius 3 is 0.712 bits per heavy atom. The normalized spacial score (nSPS) is 23.2. The highest BCUT2D eigenvalue weighted by molar-refractivity contribution is 14.1. The predicted octanol–water partition coefficient (Wildman–Crippen LogP) is 14.6. The fraction of sp³-hybridized carbons (Fsp3) is 1.00. The SMILES string of the molecule is CC(F)(CC(F)(I)C(C)(F)C(F)(F)F)C(F)(F)F.CC(F)(CC(I)C(C)(F)C(F)(F)F)C(F)(F)F.CC(F)(CC(I)C(C)(F)C(F)(F)F)C(F)(F)F. The van der Waals surface area contributed by atoms with Crippen molar-refractivity contribution in [1.82, 2.24) is 0 Å². The van der Waals surface area contributed by atoms with Gasteiger partial charge in [-0.3, -0.25) is 0 Å². The molecular weight excluding hydrogens is 1140 g/mol. The Balaban J connectivity index is -0.000000693. The first kappa shape index (κ1) is 56.8. The van der Waals surface area contributed by atoms with E-state index >= 15 is 0 Å². The van der Waals surface area contributed by atoms with Gasteiger partial charge < -0.3 is 0 Å². The Bertz CT molecular complexity index is 1050. The monoisotopic (exact) mass is 1170 g/mol. The van der Waals surface area contributed by atoms with Gasteiger partial charge in [0.25, 0.3) is 0 Å². The van der Waals surface area contributed by atoms with E-state index in [0.717, 1.165) is 45.2 Å². The topological polar surface area (TPSA) is 0 Å². The Morgan fingerprint density at radius 1 is 0.346 bits per heavy atom. The third-order valence-electron chi connectivity index (χ3n) is 6.96. The van der Waals surface area contributed by atoms with E-state index in [4.69, 9.17) is 0 Å². The van der Waals surface area contributed by atoms with Gasteiger partial charge in [-0.25, -0.2) is 30.7 Å². The highest BCUT2D eigenvalue weighted by Crippen LogP contribution is 2.54. The number of hydrogen-bond donors (Lipinski definition) is 0. The number of hydrogen-bond acceptors (Lipinski definition) is 0. The minimum absolute atomic E-state index is 0.0884. The van der Waals surface area contributed by atoms with Crippen molar-refractivity contribution in [2.24, 2.45) is 0 Å². The van der Waals surface area contributed by atoms with E-state index in [9.17, 15) is 110 Å². The molecule has 0 aliphatic carbocycles. The molecule has 9 unspecified atom stereocenters. The van der Waals surface area contributed by atoms with Crippen LogP contribution in [0, 0.1) is 0 Å². The minimum atomic E-state index is -5.76. The molecule has 0 N–H and O–H groups in total. The van der Waals surface area contributed by atoms with E-state index in [1.165, 1.54) is 0 Å². The molecule has 0 aromatic heterocycles. The molecule has 0 aliphatic rings. The van der Waals surface area contributed by atoms with E-state index < -0.39 is 102 Å². The van der Waals surface area contributed by atoms with Gasteiger partial charge in [-0.2, -0.15) is 79.0 Å². The highest BCUT2D eigenvalue weighted by Gasteiger charge is 2.70. The smallest absolute Gasteiger partial charge is 0.234 e. The lowest BCUT2D eigenvalue weighted by atomic mass is 9.91. The molecule has 0 bridgehead atoms. The Kier molecular flexibility index (Phi) is 18.7. The average Bonchev–Trinajstić information content (AvgIpc) is 2.79. The molecule has 0 fully saturated rings. The van der Waals surface area contributed by atoms with Gasteiger partial charge in [0.15, 0.2) is 0 Å². The summed E-state index contributed by atoms with van der Waals surface area (Å²) in [6.07, 6.45) is -38.2. The van der Waals surface area contributed by atoms with Crippen molar-refractivity contribution in [3.8, 4) is 0 Å². The Morgan fingerprint density at radius 2 is 0.558 bits per heavy atom. The van der Waals surface area contributed by atoms with Gasteiger partial charge in [0, 0.05) is 19.3 Å². The van der Waals surface area contributed by atoms with Crippen LogP contribution in [0.25, 0.3) is 0 Å². The lowest BCUT2D eigenvalue weighted by molar-refractivity contribution is -0.267. The lowest BCUT2D eigenvalue weighted by Gasteiger charge is -2.37. The molecule has 52 heavy (non-hydrogen) atoms. The molecule has 9 atom stereocenters. The number of halogens is 28. The molecule has 0 amide bonds. The van der Waals surface area contributed by atoms with Crippen molar-refractivity contribution in [3.63, 3.8) is 0 Å². The third-order valence-corrected chi connectivity index (χ3v) is 11.6. The van der Waals surface area contributed by atoms with Gasteiger partial charge >= 0.3 is 37.1 Å². The second-order valence-corrected chi connectivity index (χ2v) is 16.7. The van der Waals surface area contributed by atoms with Gasteiger partial charge in [-0.15, -0.1) is 0 Å². The average molecular weight is 1170 g/mol. The molecule has 0 aliphatic heterocycles. The first-order valence-corrected chi connectivity index (χ1v) is 16.5. The molecule has 318 valence electrons. The van der Waals surface area contributed by atoms with E-state index in [1.54, 1.807) is 0 Å². The molecular formula is C24H26F25I3. The summed E-state index contributed by atoms with van der Waals surface area (Å²) in [7, 11) is 0. The van der Waals surface area contributed by atoms with Crippen molar-refractivity contribution < 1.29 is 110 Å². The lowest BCUT2D eigenvalue weighted by Crippen LogP contribution is -2.56. The minimum Gasteiger partial charge on any atom is -0.234 e. The summed E-state index contributed by atoms with van der Waals surface area (Å²) in [6, 6.07) is 0. The molecule has 0 saturated heterocycles. The highest BCUT2D eigenvalue weighted by atomic mass is 127. The second-order valence-electron chi connectivity index (χ2n) is 12.0. The van der Waals surface area contributed by atoms with Crippen LogP contribution >= 0.6 is 67.8 Å². The molecule has 0 aromatic rings. The summed E-state index contributed by atoms with van der Waals surface area (Å²) in [5.41, 5.74) is -24.4. The fourth-order valence-corrected chi connectivity index (χ4v) is 5.92. The molecule has 0 radical (unpaired) electrons. The largest absolute Gasteiger partial charge is 0.426 e. The Labute approximate surface area is 319 Å². The summed E-state index contributed by atoms with van der Waals surface area (Å²) < 4.78 is 303. The quantitative estimate of drug-likeness (QED) is 0.123. The van der Waals surface area contributed by atoms with E-state index in [-0.39, 0.29) is 64.1 Å². The molecule has 0 nitrogen and oxygen atoms in total. The molecule has 0 spiro atoms. The van der Waals surface area contributed by atoms with Crippen molar-refractivity contribution in [3.05, 3.63) is 0 Å². The summed E-state index contributed by atoms with van der Waals surface area (Å²) >= 11 is 1.89. The standard InChI is InChI=1S/C8H8F9I.2C8H9F8I/c1-4(9,7(12,13)14)3-6(11,18)5(2,10)8(15,16)17;2*1-5(9,7(11,12)13)3-4(17)6(2,10)8(14,15)16/h3H2,1-2H3;2*4H,3H2,1-2H3. The van der Waals surface area contributed by atoms with Crippen LogP contribution in [0.1, 0.15) is 60.8 Å². The summed E-state index contributed by atoms with van der Waals surface area (Å²) in [6.45, 7) is -0.0539. The van der Waals surface area contributed by atoms with Gasteiger partial charge in [0.1, 0.15) is 0 Å². The van der Waals surface area contributed by atoms with Crippen molar-refractivity contribution >= 4 is 67.8 Å².